The quantitative estimate of drug-likeness (QED) is 0.281. The van der Waals surface area contributed by atoms with E-state index < -0.39 is 30.7 Å². The van der Waals surface area contributed by atoms with Gasteiger partial charge in [0.05, 0.1) is 18.3 Å². The van der Waals surface area contributed by atoms with Crippen LogP contribution in [-0.4, -0.2) is 35.3 Å². The molecule has 1 aromatic carbocycles. The summed E-state index contributed by atoms with van der Waals surface area (Å²) in [5.41, 5.74) is 1.28. The number of halogens is 3. The first-order valence-corrected chi connectivity index (χ1v) is 11.0. The zero-order valence-corrected chi connectivity index (χ0v) is 21.2. The van der Waals surface area contributed by atoms with Gasteiger partial charge in [0, 0.05) is 39.3 Å². The molecule has 0 spiro atoms. The number of hydrazine groups is 1. The molecule has 0 bridgehead atoms. The maximum absolute atomic E-state index is 13.3. The number of benzene rings is 1. The van der Waals surface area contributed by atoms with Crippen LogP contribution < -0.4 is 5.01 Å². The van der Waals surface area contributed by atoms with E-state index in [4.69, 9.17) is 0 Å². The van der Waals surface area contributed by atoms with Crippen molar-refractivity contribution >= 4 is 11.6 Å². The number of amides is 1. The molecule has 31 heavy (non-hydrogen) atoms. The number of rotatable bonds is 12. The SMILES string of the molecule is [CH2-]CCCCCN1C(=O)C(C(F)(F)F)CN1c1ccc(C(O)CCCCCC)cc1.[Y]. The molecule has 1 heterocycles. The Bertz CT molecular complexity index is 655. The molecule has 0 aliphatic carbocycles. The molecule has 2 atom stereocenters. The zero-order valence-electron chi connectivity index (χ0n) is 18.4. The Morgan fingerprint density at radius 2 is 1.74 bits per heavy atom. The van der Waals surface area contributed by atoms with Gasteiger partial charge in [0.2, 0.25) is 0 Å². The third kappa shape index (κ3) is 8.32. The van der Waals surface area contributed by atoms with Gasteiger partial charge in [0.1, 0.15) is 0 Å². The topological polar surface area (TPSA) is 43.8 Å². The first-order valence-electron chi connectivity index (χ1n) is 11.0. The Kier molecular flexibility index (Phi) is 12.6. The molecule has 2 rings (SSSR count). The Morgan fingerprint density at radius 3 is 2.32 bits per heavy atom. The molecule has 0 saturated carbocycles. The standard InChI is InChI=1S/C23H34F3N2O2.Y/c1-3-5-7-9-11-21(29)18-12-14-19(15-13-18)28-17-20(23(24,25)26)22(30)27(28)16-10-8-6-4-2;/h12-15,20-21,29H,2-11,16-17H2,1H3;/q-1;. The van der Waals surface area contributed by atoms with E-state index in [1.807, 2.05) is 0 Å². The third-order valence-corrected chi connectivity index (χ3v) is 5.62. The molecular formula is C23H34F3N2O2Y-. The Balaban J connectivity index is 0.00000480. The van der Waals surface area contributed by atoms with Crippen LogP contribution in [0.4, 0.5) is 18.9 Å². The predicted molar refractivity (Wildman–Crippen MR) is 113 cm³/mol. The number of nitrogens with zero attached hydrogens (tertiary/aromatic N) is 2. The maximum atomic E-state index is 13.3. The maximum Gasteiger partial charge on any atom is 0.402 e. The van der Waals surface area contributed by atoms with Crippen LogP contribution in [0, 0.1) is 12.8 Å². The molecule has 1 N–H and O–H groups in total. The Labute approximate surface area is 209 Å². The van der Waals surface area contributed by atoms with Gasteiger partial charge < -0.3 is 12.0 Å². The summed E-state index contributed by atoms with van der Waals surface area (Å²) in [6.45, 7) is 5.75. The van der Waals surface area contributed by atoms with Gasteiger partial charge in [0.25, 0.3) is 5.91 Å². The van der Waals surface area contributed by atoms with E-state index in [0.717, 1.165) is 50.5 Å². The first-order chi connectivity index (χ1) is 14.3. The molecule has 173 valence electrons. The minimum absolute atomic E-state index is 0. The van der Waals surface area contributed by atoms with Crippen molar-refractivity contribution in [1.29, 1.82) is 0 Å². The number of aliphatic hydroxyl groups is 1. The summed E-state index contributed by atoms with van der Waals surface area (Å²) in [5, 5.41) is 13.0. The molecule has 1 aliphatic heterocycles. The summed E-state index contributed by atoms with van der Waals surface area (Å²) >= 11 is 0. The second-order valence-electron chi connectivity index (χ2n) is 8.01. The third-order valence-electron chi connectivity index (χ3n) is 5.62. The monoisotopic (exact) mass is 516 g/mol. The van der Waals surface area contributed by atoms with E-state index in [0.29, 0.717) is 18.5 Å². The van der Waals surface area contributed by atoms with Crippen molar-refractivity contribution in [2.75, 3.05) is 18.1 Å². The van der Waals surface area contributed by atoms with E-state index in [2.05, 4.69) is 13.8 Å². The van der Waals surface area contributed by atoms with Crippen LogP contribution >= 0.6 is 0 Å². The first kappa shape index (κ1) is 28.4. The average molecular weight is 516 g/mol. The van der Waals surface area contributed by atoms with Gasteiger partial charge in [-0.05, 0) is 30.5 Å². The summed E-state index contributed by atoms with van der Waals surface area (Å²) in [6, 6.07) is 6.87. The van der Waals surface area contributed by atoms with Crippen LogP contribution in [0.1, 0.15) is 76.4 Å². The molecule has 1 aromatic rings. The molecule has 0 aromatic heterocycles. The van der Waals surface area contributed by atoms with E-state index in [1.54, 1.807) is 24.3 Å². The van der Waals surface area contributed by atoms with Crippen LogP contribution in [0.3, 0.4) is 0 Å². The number of carbonyl (C=O) groups excluding carboxylic acids is 1. The molecule has 1 amide bonds. The summed E-state index contributed by atoms with van der Waals surface area (Å²) in [4.78, 5) is 12.5. The normalized spacial score (nSPS) is 17.7. The van der Waals surface area contributed by atoms with Crippen molar-refractivity contribution in [2.24, 2.45) is 5.92 Å². The largest absolute Gasteiger partial charge is 0.402 e. The van der Waals surface area contributed by atoms with Crippen molar-refractivity contribution in [2.45, 2.75) is 77.0 Å². The van der Waals surface area contributed by atoms with Gasteiger partial charge in [0.15, 0.2) is 5.92 Å². The molecule has 1 radical (unpaired) electrons. The second-order valence-corrected chi connectivity index (χ2v) is 8.01. The van der Waals surface area contributed by atoms with Gasteiger partial charge in [-0.1, -0.05) is 57.6 Å². The van der Waals surface area contributed by atoms with E-state index in [-0.39, 0.29) is 39.3 Å². The molecule has 1 fully saturated rings. The summed E-state index contributed by atoms with van der Waals surface area (Å²) < 4.78 is 40.0. The fourth-order valence-electron chi connectivity index (χ4n) is 3.78. The van der Waals surface area contributed by atoms with Crippen LogP contribution in [0.2, 0.25) is 0 Å². The van der Waals surface area contributed by atoms with Crippen LogP contribution in [0.15, 0.2) is 24.3 Å². The number of hydrogen-bond donors (Lipinski definition) is 1. The predicted octanol–water partition coefficient (Wildman–Crippen LogP) is 5.82. The van der Waals surface area contributed by atoms with E-state index in [9.17, 15) is 23.1 Å². The van der Waals surface area contributed by atoms with Gasteiger partial charge in [-0.25, -0.2) is 0 Å². The van der Waals surface area contributed by atoms with Crippen LogP contribution in [-0.2, 0) is 37.5 Å². The van der Waals surface area contributed by atoms with Gasteiger partial charge in [-0.2, -0.15) is 19.6 Å². The smallest absolute Gasteiger partial charge is 0.388 e. The Morgan fingerprint density at radius 1 is 1.10 bits per heavy atom. The van der Waals surface area contributed by atoms with Gasteiger partial charge in [-0.3, -0.25) is 14.8 Å². The van der Waals surface area contributed by atoms with E-state index in [1.165, 1.54) is 10.0 Å². The molecule has 1 aliphatic rings. The molecular weight excluding hydrogens is 482 g/mol. The number of anilines is 1. The molecule has 1 saturated heterocycles. The number of hydrogen-bond acceptors (Lipinski definition) is 3. The van der Waals surface area contributed by atoms with Gasteiger partial charge >= 0.3 is 6.18 Å². The fourth-order valence-corrected chi connectivity index (χ4v) is 3.78. The van der Waals surface area contributed by atoms with Gasteiger partial charge in [-0.15, -0.1) is 0 Å². The van der Waals surface area contributed by atoms with E-state index >= 15 is 0 Å². The van der Waals surface area contributed by atoms with Crippen LogP contribution in [0.25, 0.3) is 0 Å². The molecule has 4 nitrogen and oxygen atoms in total. The summed E-state index contributed by atoms with van der Waals surface area (Å²) in [7, 11) is 0. The summed E-state index contributed by atoms with van der Waals surface area (Å²) in [5.74, 6) is -2.90. The fraction of sp³-hybridized carbons (Fsp3) is 0.652. The molecule has 2 unspecified atom stereocenters. The van der Waals surface area contributed by atoms with Crippen molar-refractivity contribution in [3.63, 3.8) is 0 Å². The minimum atomic E-state index is -4.56. The number of unbranched alkanes of at least 4 members (excludes halogenated alkanes) is 6. The van der Waals surface area contributed by atoms with Crippen molar-refractivity contribution < 1.29 is 55.8 Å². The van der Waals surface area contributed by atoms with Crippen molar-refractivity contribution in [3.05, 3.63) is 36.8 Å². The molecule has 8 heteroatoms. The van der Waals surface area contributed by atoms with Crippen LogP contribution in [0.5, 0.6) is 0 Å². The van der Waals surface area contributed by atoms with Crippen molar-refractivity contribution in [1.82, 2.24) is 5.01 Å². The number of aliphatic hydroxyl groups excluding tert-OH is 1. The number of alkyl halides is 3. The van der Waals surface area contributed by atoms with Crippen molar-refractivity contribution in [3.8, 4) is 0 Å². The average Bonchev–Trinajstić information content (AvgIpc) is 3.05. The summed E-state index contributed by atoms with van der Waals surface area (Å²) in [6.07, 6.45) is 2.90. The zero-order chi connectivity index (χ0) is 22.1. The second kappa shape index (κ2) is 13.8. The number of carbonyl (C=O) groups is 1. The minimum Gasteiger partial charge on any atom is -0.388 e. The Hall–Kier alpha value is -0.656.